The van der Waals surface area contributed by atoms with Gasteiger partial charge in [0.05, 0.1) is 24.8 Å². The number of anilines is 1. The molecule has 2 N–H and O–H groups in total. The van der Waals surface area contributed by atoms with Gasteiger partial charge in [0.15, 0.2) is 13.9 Å². The van der Waals surface area contributed by atoms with Gasteiger partial charge in [-0.25, -0.2) is 0 Å². The van der Waals surface area contributed by atoms with Crippen LogP contribution in [0.5, 0.6) is 0 Å². The first-order valence-corrected chi connectivity index (χ1v) is 16.1. The maximum absolute atomic E-state index is 13.8. The van der Waals surface area contributed by atoms with Gasteiger partial charge in [-0.05, 0) is 53.1 Å². The highest BCUT2D eigenvalue weighted by Gasteiger charge is 2.66. The molecule has 0 aliphatic carbocycles. The number of fused-ring (bicyclic) bond motifs is 2. The summed E-state index contributed by atoms with van der Waals surface area (Å²) >= 11 is 3.62. The summed E-state index contributed by atoms with van der Waals surface area (Å²) in [5.41, 5.74) is 1.91. The van der Waals surface area contributed by atoms with Gasteiger partial charge < -0.3 is 24.4 Å². The minimum Gasteiger partial charge on any atom is -0.432 e. The lowest BCUT2D eigenvalue weighted by molar-refractivity contribution is -0.149. The van der Waals surface area contributed by atoms with Gasteiger partial charge >= 0.3 is 0 Å². The smallest absolute Gasteiger partial charge is 0.264 e. The van der Waals surface area contributed by atoms with E-state index in [4.69, 9.17) is 4.74 Å². The van der Waals surface area contributed by atoms with Gasteiger partial charge in [-0.3, -0.25) is 9.59 Å². The van der Waals surface area contributed by atoms with Crippen molar-refractivity contribution in [2.45, 2.75) is 57.2 Å². The molecule has 2 heterocycles. The first-order valence-electron chi connectivity index (χ1n) is 12.3. The molecule has 4 rings (SSSR count). The lowest BCUT2D eigenvalue weighted by Crippen LogP contribution is -2.45. The van der Waals surface area contributed by atoms with Crippen LogP contribution in [0.1, 0.15) is 30.0 Å². The topological polar surface area (TPSA) is 90.3 Å². The van der Waals surface area contributed by atoms with E-state index in [1.54, 1.807) is 16.8 Å². The fraction of sp³-hybridized carbons (Fsp3) is 0.481. The van der Waals surface area contributed by atoms with E-state index >= 15 is 0 Å². The molecule has 2 aromatic carbocycles. The molecule has 4 atom stereocenters. The molecule has 36 heavy (non-hydrogen) atoms. The Labute approximate surface area is 222 Å². The Hall–Kier alpha value is -2.04. The van der Waals surface area contributed by atoms with Crippen molar-refractivity contribution in [2.24, 2.45) is 5.92 Å². The fourth-order valence-corrected chi connectivity index (χ4v) is 9.52. The van der Waals surface area contributed by atoms with E-state index in [9.17, 15) is 19.5 Å². The van der Waals surface area contributed by atoms with Crippen molar-refractivity contribution in [3.05, 3.63) is 63.6 Å². The van der Waals surface area contributed by atoms with Crippen LogP contribution in [0.4, 0.5) is 5.69 Å². The third kappa shape index (κ3) is 4.56. The number of carbonyl (C=O) groups is 2. The van der Waals surface area contributed by atoms with E-state index < -0.39 is 20.0 Å². The molecule has 194 valence electrons. The summed E-state index contributed by atoms with van der Waals surface area (Å²) in [5.74, 6) is -0.673. The number of hydrogen-bond donors (Lipinski definition) is 2. The van der Waals surface area contributed by atoms with Crippen molar-refractivity contribution in [2.75, 3.05) is 25.1 Å². The highest BCUT2D eigenvalue weighted by Crippen LogP contribution is 2.60. The zero-order chi connectivity index (χ0) is 26.4. The first-order chi connectivity index (χ1) is 16.9. The highest BCUT2D eigenvalue weighted by molar-refractivity contribution is 9.10. The van der Waals surface area contributed by atoms with Gasteiger partial charge in [0, 0.05) is 41.6 Å². The molecule has 0 bridgehead atoms. The molecule has 2 amide bonds. The quantitative estimate of drug-likeness (QED) is 0.489. The van der Waals surface area contributed by atoms with Crippen molar-refractivity contribution in [1.82, 2.24) is 4.90 Å². The van der Waals surface area contributed by atoms with Crippen LogP contribution in [0.15, 0.2) is 46.9 Å². The number of halogens is 1. The number of nitrogens with zero attached hydrogens (tertiary/aromatic N) is 2. The predicted octanol–water partition coefficient (Wildman–Crippen LogP) is 3.94. The average molecular weight is 576 g/mol. The molecule has 2 aliphatic heterocycles. The predicted molar refractivity (Wildman–Crippen MR) is 145 cm³/mol. The first kappa shape index (κ1) is 27.0. The SMILES string of the molecule is Cc1cc(Br)c2c(c1)[C@@]1(O[C@H](CC(=O)N(CCO)Cc3ccccc3)[C@@H]([Si](C)(C)O)[C@@H]1C)C(=O)N2C. The highest BCUT2D eigenvalue weighted by atomic mass is 79.9. The van der Waals surface area contributed by atoms with Gasteiger partial charge in [0.1, 0.15) is 0 Å². The van der Waals surface area contributed by atoms with E-state index in [1.807, 2.05) is 69.4 Å². The van der Waals surface area contributed by atoms with Gasteiger partial charge in [-0.15, -0.1) is 0 Å². The zero-order valence-electron chi connectivity index (χ0n) is 21.5. The Kier molecular flexibility index (Phi) is 7.52. The number of aryl methyl sites for hydroxylation is 1. The Morgan fingerprint density at radius 1 is 1.25 bits per heavy atom. The Morgan fingerprint density at radius 2 is 1.92 bits per heavy atom. The third-order valence-corrected chi connectivity index (χ3v) is 10.7. The molecule has 1 saturated heterocycles. The van der Waals surface area contributed by atoms with Crippen molar-refractivity contribution >= 4 is 41.7 Å². The Morgan fingerprint density at radius 3 is 2.53 bits per heavy atom. The van der Waals surface area contributed by atoms with Gasteiger partial charge in [-0.2, -0.15) is 0 Å². The summed E-state index contributed by atoms with van der Waals surface area (Å²) in [4.78, 5) is 42.0. The van der Waals surface area contributed by atoms with E-state index in [0.717, 1.165) is 26.9 Å². The normalized spacial score (nSPS) is 25.5. The van der Waals surface area contributed by atoms with Crippen molar-refractivity contribution in [1.29, 1.82) is 0 Å². The van der Waals surface area contributed by atoms with Crippen molar-refractivity contribution in [3.8, 4) is 0 Å². The second-order valence-corrected chi connectivity index (χ2v) is 15.4. The number of benzene rings is 2. The van der Waals surface area contributed by atoms with Crippen LogP contribution >= 0.6 is 15.9 Å². The lowest BCUT2D eigenvalue weighted by atomic mass is 9.82. The molecule has 0 radical (unpaired) electrons. The number of aliphatic hydroxyl groups is 1. The molecule has 0 saturated carbocycles. The van der Waals surface area contributed by atoms with Gasteiger partial charge in [0.25, 0.3) is 5.91 Å². The minimum absolute atomic E-state index is 0.0277. The number of hydrogen-bond acceptors (Lipinski definition) is 5. The minimum atomic E-state index is -2.87. The molecular weight excluding hydrogens is 540 g/mol. The zero-order valence-corrected chi connectivity index (χ0v) is 24.1. The third-order valence-electron chi connectivity index (χ3n) is 7.61. The maximum atomic E-state index is 13.8. The number of rotatable bonds is 7. The van der Waals surface area contributed by atoms with Crippen molar-refractivity contribution < 1.29 is 24.2 Å². The maximum Gasteiger partial charge on any atom is 0.264 e. The summed E-state index contributed by atoms with van der Waals surface area (Å²) in [5, 5.41) is 9.63. The number of aliphatic hydroxyl groups excluding tert-OH is 1. The Bertz CT molecular complexity index is 1150. The second-order valence-electron chi connectivity index (χ2n) is 10.6. The molecule has 0 aromatic heterocycles. The van der Waals surface area contributed by atoms with Gasteiger partial charge in [0.2, 0.25) is 5.91 Å². The summed E-state index contributed by atoms with van der Waals surface area (Å²) in [7, 11) is -1.13. The van der Waals surface area contributed by atoms with Crippen LogP contribution in [-0.4, -0.2) is 61.2 Å². The van der Waals surface area contributed by atoms with E-state index in [2.05, 4.69) is 15.9 Å². The molecule has 1 fully saturated rings. The molecule has 2 aliphatic rings. The number of amides is 2. The summed E-state index contributed by atoms with van der Waals surface area (Å²) in [6, 6.07) is 13.6. The lowest BCUT2D eigenvalue weighted by Gasteiger charge is -2.32. The van der Waals surface area contributed by atoms with E-state index in [1.165, 1.54) is 0 Å². The molecule has 2 aromatic rings. The number of ether oxygens (including phenoxy) is 1. The molecule has 9 heteroatoms. The van der Waals surface area contributed by atoms with Crippen LogP contribution in [-0.2, 0) is 26.5 Å². The molecular formula is C27H35BrN2O5Si. The molecule has 1 spiro atoms. The number of carbonyl (C=O) groups excluding carboxylic acids is 2. The standard InChI is InChI=1S/C27H35BrN2O5Si/c1-17-13-20-24(21(28)14-17)29(3)26(33)27(20)18(2)25(36(4,5)34)22(35-27)15-23(32)30(11-12-31)16-19-9-7-6-8-10-19/h6-10,13-14,18,22,25,31,34H,11-12,15-16H2,1-5H3/t18-,22+,25-,27+/m0/s1. The largest absolute Gasteiger partial charge is 0.432 e. The Balaban J connectivity index is 1.71. The second kappa shape index (κ2) is 10.0. The van der Waals surface area contributed by atoms with Gasteiger partial charge in [-0.1, -0.05) is 43.3 Å². The average Bonchev–Trinajstić information content (AvgIpc) is 3.21. The summed E-state index contributed by atoms with van der Waals surface area (Å²) in [6.07, 6.45) is -0.599. The molecule has 0 unspecified atom stereocenters. The monoisotopic (exact) mass is 574 g/mol. The van der Waals surface area contributed by atoms with Crippen molar-refractivity contribution in [3.63, 3.8) is 0 Å². The van der Waals surface area contributed by atoms with Crippen LogP contribution in [0.25, 0.3) is 0 Å². The number of likely N-dealkylation sites (N-methyl/N-ethyl adjacent to an activating group) is 1. The summed E-state index contributed by atoms with van der Waals surface area (Å²) in [6.45, 7) is 8.04. The molecule has 7 nitrogen and oxygen atoms in total. The van der Waals surface area contributed by atoms with Crippen LogP contribution in [0.3, 0.4) is 0 Å². The van der Waals surface area contributed by atoms with Crippen LogP contribution in [0, 0.1) is 12.8 Å². The summed E-state index contributed by atoms with van der Waals surface area (Å²) < 4.78 is 7.50. The van der Waals surface area contributed by atoms with Crippen LogP contribution in [0.2, 0.25) is 18.6 Å². The fourth-order valence-electron chi connectivity index (χ4n) is 6.13. The van der Waals surface area contributed by atoms with Crippen LogP contribution < -0.4 is 4.90 Å². The van der Waals surface area contributed by atoms with E-state index in [-0.39, 0.29) is 42.8 Å². The van der Waals surface area contributed by atoms with E-state index in [0.29, 0.717) is 6.54 Å².